The van der Waals surface area contributed by atoms with Crippen LogP contribution in [0.4, 0.5) is 0 Å². The smallest absolute Gasteiger partial charge is 0.00207 e. The molecule has 3 aliphatic rings. The summed E-state index contributed by atoms with van der Waals surface area (Å²) in [7, 11) is 2.08. The van der Waals surface area contributed by atoms with Crippen molar-refractivity contribution in [3.63, 3.8) is 0 Å². The molecule has 3 atom stereocenters. The zero-order chi connectivity index (χ0) is 8.77. The molecule has 12 heavy (non-hydrogen) atoms. The second-order valence-corrected chi connectivity index (χ2v) is 5.26. The van der Waals surface area contributed by atoms with E-state index < -0.39 is 0 Å². The van der Waals surface area contributed by atoms with Crippen molar-refractivity contribution < 1.29 is 0 Å². The third-order valence-corrected chi connectivity index (χ3v) is 4.47. The van der Waals surface area contributed by atoms with Gasteiger partial charge in [-0.05, 0) is 56.0 Å². The summed E-state index contributed by atoms with van der Waals surface area (Å²) in [5.74, 6) is 3.04. The van der Waals surface area contributed by atoms with Gasteiger partial charge in [-0.3, -0.25) is 0 Å². The van der Waals surface area contributed by atoms with Gasteiger partial charge in [-0.1, -0.05) is 13.8 Å². The molecule has 0 aromatic heterocycles. The fourth-order valence-electron chi connectivity index (χ4n) is 3.47. The van der Waals surface area contributed by atoms with Gasteiger partial charge < -0.3 is 5.32 Å². The Morgan fingerprint density at radius 1 is 1.33 bits per heavy atom. The summed E-state index contributed by atoms with van der Waals surface area (Å²) in [5.41, 5.74) is 0.666. The van der Waals surface area contributed by atoms with Crippen LogP contribution in [0.25, 0.3) is 0 Å². The molecule has 2 bridgehead atoms. The summed E-state index contributed by atoms with van der Waals surface area (Å²) < 4.78 is 0. The van der Waals surface area contributed by atoms with Gasteiger partial charge in [0, 0.05) is 0 Å². The molecule has 0 heterocycles. The van der Waals surface area contributed by atoms with Gasteiger partial charge in [0.2, 0.25) is 0 Å². The van der Waals surface area contributed by atoms with Crippen LogP contribution in [0.5, 0.6) is 0 Å². The van der Waals surface area contributed by atoms with Crippen LogP contribution in [-0.4, -0.2) is 13.6 Å². The van der Waals surface area contributed by atoms with Crippen LogP contribution in [-0.2, 0) is 0 Å². The first-order valence-corrected chi connectivity index (χ1v) is 5.31. The maximum Gasteiger partial charge on any atom is -0.00207 e. The van der Waals surface area contributed by atoms with E-state index in [0.29, 0.717) is 5.41 Å². The van der Waals surface area contributed by atoms with E-state index in [1.165, 1.54) is 25.8 Å². The molecular formula is C11H21N. The standard InChI is InChI=1S/C11H21N/c1-11(2)9-5-4-8(7-12-3)10(11)6-9/h8-10,12H,4-7H2,1-3H3/t8?,9-,10-/m1/s1. The predicted molar refractivity (Wildman–Crippen MR) is 52.0 cm³/mol. The molecule has 3 fully saturated rings. The quantitative estimate of drug-likeness (QED) is 0.665. The number of nitrogens with one attached hydrogen (secondary N) is 1. The molecule has 3 saturated carbocycles. The minimum absolute atomic E-state index is 0.666. The second kappa shape index (κ2) is 2.73. The van der Waals surface area contributed by atoms with E-state index in [1.807, 2.05) is 0 Å². The normalized spacial score (nSPS) is 43.8. The van der Waals surface area contributed by atoms with Gasteiger partial charge in [0.05, 0.1) is 0 Å². The zero-order valence-corrected chi connectivity index (χ0v) is 8.56. The topological polar surface area (TPSA) is 12.0 Å². The average Bonchev–Trinajstić information content (AvgIpc) is 2.05. The van der Waals surface area contributed by atoms with Gasteiger partial charge in [-0.2, -0.15) is 0 Å². The van der Waals surface area contributed by atoms with Crippen molar-refractivity contribution in [1.29, 1.82) is 0 Å². The van der Waals surface area contributed by atoms with Crippen LogP contribution in [0.1, 0.15) is 33.1 Å². The Morgan fingerprint density at radius 2 is 2.08 bits per heavy atom. The van der Waals surface area contributed by atoms with Crippen molar-refractivity contribution in [2.24, 2.45) is 23.2 Å². The highest BCUT2D eigenvalue weighted by molar-refractivity contribution is 5.03. The van der Waals surface area contributed by atoms with Crippen LogP contribution in [0, 0.1) is 23.2 Å². The van der Waals surface area contributed by atoms with Gasteiger partial charge in [0.15, 0.2) is 0 Å². The molecule has 0 radical (unpaired) electrons. The lowest BCUT2D eigenvalue weighted by molar-refractivity contribution is -0.103. The molecule has 3 rings (SSSR count). The van der Waals surface area contributed by atoms with Crippen molar-refractivity contribution >= 4 is 0 Å². The molecule has 0 amide bonds. The van der Waals surface area contributed by atoms with Gasteiger partial charge >= 0.3 is 0 Å². The Morgan fingerprint density at radius 3 is 2.58 bits per heavy atom. The van der Waals surface area contributed by atoms with Crippen molar-refractivity contribution in [3.05, 3.63) is 0 Å². The van der Waals surface area contributed by atoms with Crippen molar-refractivity contribution in [3.8, 4) is 0 Å². The SMILES string of the molecule is CNCC1CC[C@@H]2C[C@H]1C2(C)C. The van der Waals surface area contributed by atoms with Gasteiger partial charge in [-0.25, -0.2) is 0 Å². The van der Waals surface area contributed by atoms with E-state index in [-0.39, 0.29) is 0 Å². The van der Waals surface area contributed by atoms with Crippen molar-refractivity contribution in [2.75, 3.05) is 13.6 Å². The first kappa shape index (κ1) is 8.55. The van der Waals surface area contributed by atoms with Gasteiger partial charge in [-0.15, -0.1) is 0 Å². The molecule has 3 aliphatic carbocycles. The van der Waals surface area contributed by atoms with E-state index in [0.717, 1.165) is 17.8 Å². The van der Waals surface area contributed by atoms with Crippen LogP contribution in [0.3, 0.4) is 0 Å². The summed E-state index contributed by atoms with van der Waals surface area (Å²) in [6.07, 6.45) is 4.47. The van der Waals surface area contributed by atoms with Gasteiger partial charge in [0.25, 0.3) is 0 Å². The third kappa shape index (κ3) is 1.02. The lowest BCUT2D eigenvalue weighted by Gasteiger charge is -2.60. The second-order valence-electron chi connectivity index (χ2n) is 5.26. The molecule has 1 unspecified atom stereocenters. The fourth-order valence-corrected chi connectivity index (χ4v) is 3.47. The monoisotopic (exact) mass is 167 g/mol. The average molecular weight is 167 g/mol. The fraction of sp³-hybridized carbons (Fsp3) is 1.00. The number of rotatable bonds is 2. The molecule has 1 heteroatoms. The summed E-state index contributed by atoms with van der Waals surface area (Å²) in [6.45, 7) is 6.17. The highest BCUT2D eigenvalue weighted by Gasteiger charge is 2.53. The van der Waals surface area contributed by atoms with E-state index in [4.69, 9.17) is 0 Å². The summed E-state index contributed by atoms with van der Waals surface area (Å²) >= 11 is 0. The van der Waals surface area contributed by atoms with E-state index >= 15 is 0 Å². The molecule has 1 N–H and O–H groups in total. The molecular weight excluding hydrogens is 146 g/mol. The minimum Gasteiger partial charge on any atom is -0.319 e. The molecule has 0 spiro atoms. The molecule has 0 aromatic carbocycles. The number of hydrogen-bond acceptors (Lipinski definition) is 1. The van der Waals surface area contributed by atoms with E-state index in [2.05, 4.69) is 26.2 Å². The van der Waals surface area contributed by atoms with Crippen LogP contribution >= 0.6 is 0 Å². The Kier molecular flexibility index (Phi) is 1.95. The lowest BCUT2D eigenvalue weighted by atomic mass is 9.45. The molecule has 0 aromatic rings. The summed E-state index contributed by atoms with van der Waals surface area (Å²) in [5, 5.41) is 3.33. The maximum atomic E-state index is 3.33. The van der Waals surface area contributed by atoms with Crippen LogP contribution in [0.15, 0.2) is 0 Å². The summed E-state index contributed by atoms with van der Waals surface area (Å²) in [6, 6.07) is 0. The van der Waals surface area contributed by atoms with E-state index in [1.54, 1.807) is 0 Å². The highest BCUT2D eigenvalue weighted by atomic mass is 14.8. The predicted octanol–water partition coefficient (Wildman–Crippen LogP) is 2.28. The van der Waals surface area contributed by atoms with Crippen LogP contribution < -0.4 is 5.32 Å². The van der Waals surface area contributed by atoms with Gasteiger partial charge in [0.1, 0.15) is 0 Å². The van der Waals surface area contributed by atoms with Crippen LogP contribution in [0.2, 0.25) is 0 Å². The zero-order valence-electron chi connectivity index (χ0n) is 8.56. The summed E-state index contributed by atoms with van der Waals surface area (Å²) in [4.78, 5) is 0. The first-order chi connectivity index (χ1) is 5.66. The molecule has 0 aliphatic heterocycles. The van der Waals surface area contributed by atoms with E-state index in [9.17, 15) is 0 Å². The lowest BCUT2D eigenvalue weighted by Crippen LogP contribution is -2.54. The number of hydrogen-bond donors (Lipinski definition) is 1. The molecule has 1 nitrogen and oxygen atoms in total. The Balaban J connectivity index is 2.01. The number of fused-ring (bicyclic) bond motifs is 2. The third-order valence-electron chi connectivity index (χ3n) is 4.47. The Labute approximate surface area is 75.9 Å². The molecule has 0 saturated heterocycles. The largest absolute Gasteiger partial charge is 0.319 e. The maximum absolute atomic E-state index is 3.33. The van der Waals surface area contributed by atoms with Crippen molar-refractivity contribution in [2.45, 2.75) is 33.1 Å². The Bertz CT molecular complexity index is 170. The van der Waals surface area contributed by atoms with Crippen molar-refractivity contribution in [1.82, 2.24) is 5.32 Å². The Hall–Kier alpha value is -0.0400. The molecule has 70 valence electrons. The minimum atomic E-state index is 0.666. The first-order valence-electron chi connectivity index (χ1n) is 5.31. The highest BCUT2D eigenvalue weighted by Crippen LogP contribution is 2.61.